The van der Waals surface area contributed by atoms with Gasteiger partial charge >= 0.3 is 0 Å². The van der Waals surface area contributed by atoms with Crippen LogP contribution in [0.4, 0.5) is 0 Å². The third-order valence-corrected chi connectivity index (χ3v) is 5.28. The number of benzene rings is 3. The van der Waals surface area contributed by atoms with E-state index in [2.05, 4.69) is 0 Å². The van der Waals surface area contributed by atoms with E-state index in [0.29, 0.717) is 12.8 Å². The summed E-state index contributed by atoms with van der Waals surface area (Å²) in [6.07, 6.45) is -2.63. The number of hydrogen-bond acceptors (Lipinski definition) is 4. The lowest BCUT2D eigenvalue weighted by atomic mass is 10.00. The number of fused-ring (bicyclic) bond motifs is 1. The summed E-state index contributed by atoms with van der Waals surface area (Å²) in [6.45, 7) is -5.12. The third kappa shape index (κ3) is 4.92. The first-order valence-electron chi connectivity index (χ1n) is 14.9. The summed E-state index contributed by atoms with van der Waals surface area (Å²) in [5.41, 5.74) is 1.17. The third-order valence-electron chi connectivity index (χ3n) is 5.28. The van der Waals surface area contributed by atoms with Crippen LogP contribution >= 0.6 is 0 Å². The summed E-state index contributed by atoms with van der Waals surface area (Å²) in [5.74, 6) is -0.992. The van der Waals surface area contributed by atoms with Crippen LogP contribution in [0.25, 0.3) is 0 Å². The number of rotatable bonds is 7. The van der Waals surface area contributed by atoms with Crippen molar-refractivity contribution >= 4 is 0 Å². The maximum absolute atomic E-state index is 8.89. The monoisotopic (exact) mass is 424 g/mol. The molecule has 0 radical (unpaired) electrons. The molecule has 3 aromatic rings. The van der Waals surface area contributed by atoms with Crippen molar-refractivity contribution in [3.8, 4) is 11.5 Å². The minimum atomic E-state index is -2.94. The molecule has 0 unspecified atom stereocenters. The molecule has 0 saturated carbocycles. The van der Waals surface area contributed by atoms with Crippen molar-refractivity contribution in [1.82, 2.24) is 4.90 Å². The first-order chi connectivity index (χ1) is 18.8. The molecule has 160 valence electrons. The SMILES string of the molecule is [2H]c1c([2H])c(C([2H])([2H])C([2H])([2H])N2CCC[C@@H](OC(c3ccccc3)c3ccccc3)C2)c([2H])c2c1OC([2H])([2H])O2. The number of nitrogens with zero attached hydrogens (tertiary/aromatic N) is 1. The Morgan fingerprint density at radius 3 is 2.48 bits per heavy atom. The van der Waals surface area contributed by atoms with E-state index in [4.69, 9.17) is 26.5 Å². The number of ether oxygens (including phenoxy) is 3. The second kappa shape index (κ2) is 9.54. The minimum Gasteiger partial charge on any atom is -0.454 e. The Kier molecular flexibility index (Phi) is 3.78. The Hall–Kier alpha value is -2.82. The molecule has 1 atom stereocenters. The van der Waals surface area contributed by atoms with E-state index >= 15 is 0 Å². The van der Waals surface area contributed by atoms with Crippen molar-refractivity contribution in [2.45, 2.75) is 31.4 Å². The van der Waals surface area contributed by atoms with Gasteiger partial charge in [-0.25, -0.2) is 0 Å². The van der Waals surface area contributed by atoms with E-state index in [1.165, 1.54) is 4.90 Å². The maximum Gasteiger partial charge on any atom is 0.231 e. The molecule has 4 heteroatoms. The Labute approximate surface area is 197 Å². The van der Waals surface area contributed by atoms with Crippen molar-refractivity contribution < 1.29 is 26.5 Å². The van der Waals surface area contributed by atoms with E-state index in [-0.39, 0.29) is 13.1 Å². The number of likely N-dealkylation sites (tertiary alicyclic amines) is 1. The summed E-state index contributed by atoms with van der Waals surface area (Å²) in [4.78, 5) is 1.32. The van der Waals surface area contributed by atoms with Gasteiger partial charge in [0, 0.05) is 18.5 Å². The van der Waals surface area contributed by atoms with Crippen LogP contribution in [0.15, 0.2) is 78.8 Å². The van der Waals surface area contributed by atoms with Gasteiger partial charge in [0.15, 0.2) is 11.5 Å². The minimum absolute atomic E-state index is 0.0597. The van der Waals surface area contributed by atoms with Crippen molar-refractivity contribution in [3.63, 3.8) is 0 Å². The van der Waals surface area contributed by atoms with Gasteiger partial charge < -0.3 is 19.1 Å². The smallest absolute Gasteiger partial charge is 0.231 e. The van der Waals surface area contributed by atoms with Gasteiger partial charge in [0.25, 0.3) is 0 Å². The quantitative estimate of drug-likeness (QED) is 0.520. The predicted octanol–water partition coefficient (Wildman–Crippen LogP) is 5.23. The van der Waals surface area contributed by atoms with Crippen LogP contribution in [-0.2, 0) is 11.1 Å². The standard InChI is InChI=1S/C27H29NO3/c1-3-8-22(9-4-1)27(23-10-5-2-6-11-23)31-24-12-7-16-28(19-24)17-15-21-13-14-25-26(18-21)30-20-29-25/h1-6,8-11,13-14,18,24,27H,7,12,15-17,19-20H2/t24-/m1/s1/i13D,14D,15D2,17D2,18D,20D2. The fraction of sp³-hybridized carbons (Fsp3) is 0.333. The molecule has 31 heavy (non-hydrogen) atoms. The second-order valence-electron chi connectivity index (χ2n) is 7.48. The van der Waals surface area contributed by atoms with E-state index < -0.39 is 67.0 Å². The fourth-order valence-corrected chi connectivity index (χ4v) is 3.77. The van der Waals surface area contributed by atoms with Crippen LogP contribution in [-0.4, -0.2) is 37.3 Å². The molecule has 0 spiro atoms. The molecule has 2 aliphatic heterocycles. The summed E-state index contributed by atoms with van der Waals surface area (Å²) >= 11 is 0. The van der Waals surface area contributed by atoms with E-state index in [1.807, 2.05) is 60.7 Å². The van der Waals surface area contributed by atoms with E-state index in [0.717, 1.165) is 11.1 Å². The lowest BCUT2D eigenvalue weighted by Gasteiger charge is -2.35. The van der Waals surface area contributed by atoms with Crippen LogP contribution in [0.1, 0.15) is 48.0 Å². The first kappa shape index (κ1) is 12.3. The molecule has 0 amide bonds. The van der Waals surface area contributed by atoms with Gasteiger partial charge in [0.05, 0.1) is 10.2 Å². The highest BCUT2D eigenvalue weighted by atomic mass is 16.7. The average Bonchev–Trinajstić information content (AvgIpc) is 3.27. The lowest BCUT2D eigenvalue weighted by Crippen LogP contribution is -2.41. The number of piperidine rings is 1. The zero-order chi connectivity index (χ0) is 28.9. The highest BCUT2D eigenvalue weighted by Gasteiger charge is 2.25. The summed E-state index contributed by atoms with van der Waals surface area (Å²) in [6, 6.07) is 17.2. The lowest BCUT2D eigenvalue weighted by molar-refractivity contribution is -0.0330. The molecule has 0 N–H and O–H groups in total. The highest BCUT2D eigenvalue weighted by Crippen LogP contribution is 2.33. The van der Waals surface area contributed by atoms with Crippen LogP contribution in [0.5, 0.6) is 11.5 Å². The van der Waals surface area contributed by atoms with Gasteiger partial charge in [-0.15, -0.1) is 0 Å². The van der Waals surface area contributed by atoms with Crippen LogP contribution in [0, 0.1) is 0 Å². The Morgan fingerprint density at radius 2 is 1.74 bits per heavy atom. The van der Waals surface area contributed by atoms with Crippen LogP contribution in [0.2, 0.25) is 0 Å². The summed E-state index contributed by atoms with van der Waals surface area (Å²) in [7, 11) is 0. The van der Waals surface area contributed by atoms with Crippen LogP contribution < -0.4 is 9.47 Å². The van der Waals surface area contributed by atoms with Crippen molar-refractivity contribution in [2.24, 2.45) is 0 Å². The topological polar surface area (TPSA) is 30.9 Å². The zero-order valence-corrected chi connectivity index (χ0v) is 16.9. The highest BCUT2D eigenvalue weighted by molar-refractivity contribution is 5.44. The second-order valence-corrected chi connectivity index (χ2v) is 7.48. The Morgan fingerprint density at radius 1 is 1.03 bits per heavy atom. The summed E-state index contributed by atoms with van der Waals surface area (Å²) in [5, 5.41) is 0. The Balaban J connectivity index is 1.44. The molecular weight excluding hydrogens is 386 g/mol. The molecule has 4 nitrogen and oxygen atoms in total. The average molecular weight is 425 g/mol. The molecule has 2 heterocycles. The van der Waals surface area contributed by atoms with Crippen molar-refractivity contribution in [2.75, 3.05) is 26.3 Å². The normalized spacial score (nSPS) is 25.2. The van der Waals surface area contributed by atoms with Gasteiger partial charge in [-0.05, 0) is 54.5 Å². The molecule has 0 bridgehead atoms. The molecule has 0 aliphatic carbocycles. The van der Waals surface area contributed by atoms with Gasteiger partial charge in [-0.3, -0.25) is 0 Å². The molecule has 1 saturated heterocycles. The molecule has 0 aromatic heterocycles. The molecule has 2 aliphatic rings. The fourth-order valence-electron chi connectivity index (χ4n) is 3.77. The molecule has 3 aromatic carbocycles. The molecular formula is C27H29NO3. The van der Waals surface area contributed by atoms with Crippen molar-refractivity contribution in [3.05, 3.63) is 95.5 Å². The molecule has 5 rings (SSSR count). The zero-order valence-electron chi connectivity index (χ0n) is 25.9. The van der Waals surface area contributed by atoms with Gasteiger partial charge in [0.2, 0.25) is 6.75 Å². The van der Waals surface area contributed by atoms with E-state index in [1.54, 1.807) is 0 Å². The van der Waals surface area contributed by atoms with Crippen LogP contribution in [0.3, 0.4) is 0 Å². The first-order valence-corrected chi connectivity index (χ1v) is 10.4. The van der Waals surface area contributed by atoms with Gasteiger partial charge in [-0.2, -0.15) is 0 Å². The largest absolute Gasteiger partial charge is 0.454 e. The van der Waals surface area contributed by atoms with Crippen molar-refractivity contribution in [1.29, 1.82) is 0 Å². The Bertz CT molecular complexity index is 1330. The van der Waals surface area contributed by atoms with E-state index in [9.17, 15) is 0 Å². The van der Waals surface area contributed by atoms with Gasteiger partial charge in [-0.1, -0.05) is 66.7 Å². The van der Waals surface area contributed by atoms with Gasteiger partial charge in [0.1, 0.15) is 8.85 Å². The maximum atomic E-state index is 8.89. The number of hydrogen-bond donors (Lipinski definition) is 0. The molecule has 1 fully saturated rings. The predicted molar refractivity (Wildman–Crippen MR) is 122 cm³/mol. The summed E-state index contributed by atoms with van der Waals surface area (Å²) < 4.78 is 92.3.